The molecule has 0 saturated carbocycles. The van der Waals surface area contributed by atoms with Crippen molar-refractivity contribution in [3.05, 3.63) is 41.2 Å². The lowest BCUT2D eigenvalue weighted by molar-refractivity contribution is -0.121. The summed E-state index contributed by atoms with van der Waals surface area (Å²) in [6, 6.07) is 4.62. The molecule has 21 heavy (non-hydrogen) atoms. The number of carbonyl (C=O) groups excluding carboxylic acids is 2. The van der Waals surface area contributed by atoms with Crippen LogP contribution in [-0.4, -0.2) is 28.6 Å². The number of nitrogen functional groups attached to an aromatic ring is 1. The van der Waals surface area contributed by atoms with Crippen LogP contribution in [0, 0.1) is 0 Å². The van der Waals surface area contributed by atoms with Crippen LogP contribution in [-0.2, 0) is 11.3 Å². The summed E-state index contributed by atoms with van der Waals surface area (Å²) in [7, 11) is 1.54. The summed E-state index contributed by atoms with van der Waals surface area (Å²) in [6.07, 6.45) is 3.02. The van der Waals surface area contributed by atoms with Gasteiger partial charge in [0, 0.05) is 18.8 Å². The van der Waals surface area contributed by atoms with E-state index in [9.17, 15) is 9.59 Å². The normalized spacial score (nSPS) is 10.2. The topological polar surface area (TPSA) is 102 Å². The molecule has 0 bridgehead atoms. The maximum Gasteiger partial charge on any atom is 0.255 e. The highest BCUT2D eigenvalue weighted by Gasteiger charge is 2.10. The second-order valence-electron chi connectivity index (χ2n) is 4.29. The molecular weight excluding hydrogens is 294 g/mol. The summed E-state index contributed by atoms with van der Waals surface area (Å²) < 4.78 is 1.42. The van der Waals surface area contributed by atoms with Gasteiger partial charge in [-0.05, 0) is 18.2 Å². The molecule has 1 aromatic carbocycles. The molecule has 2 aromatic rings. The number of nitrogens with zero attached hydrogens (tertiary/aromatic N) is 2. The minimum atomic E-state index is -0.335. The zero-order valence-electron chi connectivity index (χ0n) is 11.3. The lowest BCUT2D eigenvalue weighted by Gasteiger charge is -2.04. The van der Waals surface area contributed by atoms with Crippen molar-refractivity contribution >= 4 is 34.8 Å². The Balaban J connectivity index is 2.05. The van der Waals surface area contributed by atoms with Crippen molar-refractivity contribution in [1.29, 1.82) is 0 Å². The monoisotopic (exact) mass is 307 g/mol. The first-order valence-electron chi connectivity index (χ1n) is 6.09. The predicted molar refractivity (Wildman–Crippen MR) is 80.1 cm³/mol. The molecule has 0 aliphatic carbocycles. The van der Waals surface area contributed by atoms with E-state index in [4.69, 9.17) is 17.3 Å². The van der Waals surface area contributed by atoms with Crippen LogP contribution >= 0.6 is 11.6 Å². The Morgan fingerprint density at radius 1 is 1.43 bits per heavy atom. The predicted octanol–water partition coefficient (Wildman–Crippen LogP) is 1.12. The number of nitrogens with two attached hydrogens (primary N) is 1. The van der Waals surface area contributed by atoms with Gasteiger partial charge in [0.1, 0.15) is 6.54 Å². The highest BCUT2D eigenvalue weighted by Crippen LogP contribution is 2.20. The molecule has 110 valence electrons. The van der Waals surface area contributed by atoms with Crippen LogP contribution < -0.4 is 16.4 Å². The Hall–Kier alpha value is -2.54. The Morgan fingerprint density at radius 3 is 2.86 bits per heavy atom. The van der Waals surface area contributed by atoms with Crippen molar-refractivity contribution in [2.24, 2.45) is 0 Å². The lowest BCUT2D eigenvalue weighted by atomic mass is 10.2. The summed E-state index contributed by atoms with van der Waals surface area (Å²) in [4.78, 5) is 23.3. The number of aromatic nitrogens is 2. The van der Waals surface area contributed by atoms with Gasteiger partial charge < -0.3 is 16.4 Å². The third-order valence-electron chi connectivity index (χ3n) is 2.73. The molecule has 0 unspecified atom stereocenters. The summed E-state index contributed by atoms with van der Waals surface area (Å²) in [5.41, 5.74) is 6.86. The number of likely N-dealkylation sites (N-methyl/N-ethyl adjacent to an activating group) is 1. The van der Waals surface area contributed by atoms with Crippen LogP contribution in [0.25, 0.3) is 0 Å². The second-order valence-corrected chi connectivity index (χ2v) is 4.70. The fourth-order valence-electron chi connectivity index (χ4n) is 1.63. The molecule has 0 fully saturated rings. The van der Waals surface area contributed by atoms with Crippen molar-refractivity contribution in [1.82, 2.24) is 15.1 Å². The number of benzene rings is 1. The molecule has 7 nitrogen and oxygen atoms in total. The first-order valence-corrected chi connectivity index (χ1v) is 6.47. The molecule has 1 heterocycles. The fourth-order valence-corrected chi connectivity index (χ4v) is 1.75. The van der Waals surface area contributed by atoms with E-state index in [2.05, 4.69) is 15.7 Å². The van der Waals surface area contributed by atoms with Gasteiger partial charge >= 0.3 is 0 Å². The molecule has 0 atom stereocenters. The quantitative estimate of drug-likeness (QED) is 0.736. The number of rotatable bonds is 4. The number of halogens is 1. The van der Waals surface area contributed by atoms with Crippen LogP contribution in [0.15, 0.2) is 30.6 Å². The van der Waals surface area contributed by atoms with Crippen molar-refractivity contribution in [3.8, 4) is 0 Å². The van der Waals surface area contributed by atoms with Crippen molar-refractivity contribution < 1.29 is 9.59 Å². The van der Waals surface area contributed by atoms with Gasteiger partial charge in [0.05, 0.1) is 22.6 Å². The maximum atomic E-state index is 12.0. The van der Waals surface area contributed by atoms with E-state index < -0.39 is 0 Å². The average Bonchev–Trinajstić information content (AvgIpc) is 2.88. The van der Waals surface area contributed by atoms with Crippen LogP contribution in [0.4, 0.5) is 11.4 Å². The van der Waals surface area contributed by atoms with Gasteiger partial charge in [-0.2, -0.15) is 5.10 Å². The number of amides is 2. The summed E-state index contributed by atoms with van der Waals surface area (Å²) in [5, 5.41) is 9.52. The van der Waals surface area contributed by atoms with Crippen LogP contribution in [0.2, 0.25) is 5.02 Å². The summed E-state index contributed by atoms with van der Waals surface area (Å²) in [6.45, 7) is 0.0836. The number of hydrogen-bond donors (Lipinski definition) is 3. The molecule has 2 amide bonds. The molecule has 1 aromatic heterocycles. The SMILES string of the molecule is CNC(=O)Cn1cc(NC(=O)c2ccc(Cl)c(N)c2)cn1. The van der Waals surface area contributed by atoms with E-state index in [0.29, 0.717) is 22.0 Å². The standard InChI is InChI=1S/C13H14ClN5O2/c1-16-12(20)7-19-6-9(5-17-19)18-13(21)8-2-3-10(14)11(15)4-8/h2-6H,7,15H2,1H3,(H,16,20)(H,18,21). The maximum absolute atomic E-state index is 12.0. The third kappa shape index (κ3) is 3.73. The number of hydrogen-bond acceptors (Lipinski definition) is 4. The zero-order chi connectivity index (χ0) is 15.4. The Bertz CT molecular complexity index is 683. The average molecular weight is 308 g/mol. The Labute approximate surface area is 126 Å². The molecule has 2 rings (SSSR count). The Morgan fingerprint density at radius 2 is 2.19 bits per heavy atom. The van der Waals surface area contributed by atoms with E-state index in [1.54, 1.807) is 25.4 Å². The minimum absolute atomic E-state index is 0.0836. The highest BCUT2D eigenvalue weighted by atomic mass is 35.5. The van der Waals surface area contributed by atoms with E-state index >= 15 is 0 Å². The largest absolute Gasteiger partial charge is 0.398 e. The van der Waals surface area contributed by atoms with Crippen LogP contribution in [0.1, 0.15) is 10.4 Å². The summed E-state index contributed by atoms with van der Waals surface area (Å²) >= 11 is 5.80. The summed E-state index contributed by atoms with van der Waals surface area (Å²) in [5.74, 6) is -0.515. The molecule has 0 spiro atoms. The minimum Gasteiger partial charge on any atom is -0.398 e. The highest BCUT2D eigenvalue weighted by molar-refractivity contribution is 6.33. The molecule has 0 aliphatic heterocycles. The smallest absolute Gasteiger partial charge is 0.255 e. The molecule has 0 saturated heterocycles. The second kappa shape index (κ2) is 6.27. The molecular formula is C13H14ClN5O2. The van der Waals surface area contributed by atoms with E-state index in [0.717, 1.165) is 0 Å². The first kappa shape index (κ1) is 14.9. The van der Waals surface area contributed by atoms with E-state index in [1.807, 2.05) is 0 Å². The van der Waals surface area contributed by atoms with E-state index in [1.165, 1.54) is 16.9 Å². The van der Waals surface area contributed by atoms with Crippen LogP contribution in [0.3, 0.4) is 0 Å². The lowest BCUT2D eigenvalue weighted by Crippen LogP contribution is -2.23. The number of anilines is 2. The zero-order valence-corrected chi connectivity index (χ0v) is 12.0. The van der Waals surface area contributed by atoms with Crippen molar-refractivity contribution in [2.75, 3.05) is 18.1 Å². The first-order chi connectivity index (χ1) is 9.99. The van der Waals surface area contributed by atoms with Gasteiger partial charge in [-0.25, -0.2) is 0 Å². The van der Waals surface area contributed by atoms with Gasteiger partial charge in [-0.15, -0.1) is 0 Å². The molecule has 0 aliphatic rings. The van der Waals surface area contributed by atoms with Crippen molar-refractivity contribution in [3.63, 3.8) is 0 Å². The van der Waals surface area contributed by atoms with Crippen LogP contribution in [0.5, 0.6) is 0 Å². The fraction of sp³-hybridized carbons (Fsp3) is 0.154. The van der Waals surface area contributed by atoms with Gasteiger partial charge in [0.15, 0.2) is 0 Å². The molecule has 0 radical (unpaired) electrons. The third-order valence-corrected chi connectivity index (χ3v) is 3.08. The van der Waals surface area contributed by atoms with Gasteiger partial charge in [0.2, 0.25) is 5.91 Å². The van der Waals surface area contributed by atoms with E-state index in [-0.39, 0.29) is 18.4 Å². The number of carbonyl (C=O) groups is 2. The van der Waals surface area contributed by atoms with Gasteiger partial charge in [-0.3, -0.25) is 14.3 Å². The Kier molecular flexibility index (Phi) is 4.44. The van der Waals surface area contributed by atoms with Gasteiger partial charge in [0.25, 0.3) is 5.91 Å². The van der Waals surface area contributed by atoms with Gasteiger partial charge in [-0.1, -0.05) is 11.6 Å². The number of nitrogens with one attached hydrogen (secondary N) is 2. The van der Waals surface area contributed by atoms with Crippen molar-refractivity contribution in [2.45, 2.75) is 6.54 Å². The molecule has 4 N–H and O–H groups in total. The molecule has 8 heteroatoms.